The molecule has 0 N–H and O–H groups in total. The van der Waals surface area contributed by atoms with Crippen molar-refractivity contribution < 1.29 is 4.79 Å². The fourth-order valence-corrected chi connectivity index (χ4v) is 2.01. The molecule has 2 heteroatoms. The third-order valence-electron chi connectivity index (χ3n) is 3.11. The van der Waals surface area contributed by atoms with E-state index in [1.165, 1.54) is 12.8 Å². The highest BCUT2D eigenvalue weighted by atomic mass is 16.2. The van der Waals surface area contributed by atoms with Gasteiger partial charge in [0.1, 0.15) is 0 Å². The van der Waals surface area contributed by atoms with Gasteiger partial charge in [-0.05, 0) is 26.2 Å². The van der Waals surface area contributed by atoms with Gasteiger partial charge >= 0.3 is 0 Å². The molecule has 2 nitrogen and oxygen atoms in total. The fraction of sp³-hybridized carbons (Fsp3) is 0.900. The zero-order valence-electron chi connectivity index (χ0n) is 8.39. The molecule has 70 valence electrons. The lowest BCUT2D eigenvalue weighted by atomic mass is 9.95. The van der Waals surface area contributed by atoms with Gasteiger partial charge in [-0.25, -0.2) is 0 Å². The van der Waals surface area contributed by atoms with Crippen molar-refractivity contribution in [3.8, 4) is 0 Å². The quantitative estimate of drug-likeness (QED) is 0.620. The number of likely N-dealkylation sites (tertiary alicyclic amines) is 1. The van der Waals surface area contributed by atoms with Crippen LogP contribution in [-0.2, 0) is 4.79 Å². The van der Waals surface area contributed by atoms with Gasteiger partial charge in [0.2, 0.25) is 5.91 Å². The molecule has 1 heterocycles. The molecule has 12 heavy (non-hydrogen) atoms. The van der Waals surface area contributed by atoms with E-state index in [9.17, 15) is 4.79 Å². The van der Waals surface area contributed by atoms with Crippen LogP contribution in [0.25, 0.3) is 0 Å². The van der Waals surface area contributed by atoms with Crippen molar-refractivity contribution in [1.82, 2.24) is 4.90 Å². The van der Waals surface area contributed by atoms with Crippen LogP contribution in [0.5, 0.6) is 0 Å². The molecule has 1 amide bonds. The number of nitrogens with zero attached hydrogens (tertiary/aromatic N) is 1. The highest BCUT2D eigenvalue weighted by molar-refractivity contribution is 5.77. The SMILES string of the molecule is CCC(=O)N1CCC[C@@]1(C)CC. The smallest absolute Gasteiger partial charge is 0.222 e. The number of carbonyl (C=O) groups is 1. The van der Waals surface area contributed by atoms with Gasteiger partial charge in [0, 0.05) is 18.5 Å². The molecule has 1 saturated heterocycles. The predicted molar refractivity (Wildman–Crippen MR) is 49.9 cm³/mol. The first kappa shape index (κ1) is 9.56. The topological polar surface area (TPSA) is 20.3 Å². The maximum Gasteiger partial charge on any atom is 0.222 e. The Morgan fingerprint density at radius 3 is 2.67 bits per heavy atom. The Morgan fingerprint density at radius 2 is 2.17 bits per heavy atom. The summed E-state index contributed by atoms with van der Waals surface area (Å²) in [6, 6.07) is 0. The molecular formula is C10H19NO. The van der Waals surface area contributed by atoms with E-state index in [2.05, 4.69) is 18.7 Å². The van der Waals surface area contributed by atoms with Gasteiger partial charge in [0.15, 0.2) is 0 Å². The summed E-state index contributed by atoms with van der Waals surface area (Å²) in [4.78, 5) is 13.6. The molecule has 1 aliphatic heterocycles. The number of rotatable bonds is 2. The summed E-state index contributed by atoms with van der Waals surface area (Å²) < 4.78 is 0. The van der Waals surface area contributed by atoms with E-state index < -0.39 is 0 Å². The standard InChI is InChI=1S/C10H19NO/c1-4-9(12)11-8-6-7-10(11,3)5-2/h4-8H2,1-3H3/t10-/m1/s1. The van der Waals surface area contributed by atoms with Crippen LogP contribution in [0.15, 0.2) is 0 Å². The van der Waals surface area contributed by atoms with Gasteiger partial charge in [0.05, 0.1) is 0 Å². The number of hydrogen-bond acceptors (Lipinski definition) is 1. The highest BCUT2D eigenvalue weighted by Crippen LogP contribution is 2.31. The van der Waals surface area contributed by atoms with Crippen molar-refractivity contribution >= 4 is 5.91 Å². The largest absolute Gasteiger partial charge is 0.337 e. The first-order chi connectivity index (χ1) is 5.64. The van der Waals surface area contributed by atoms with Gasteiger partial charge in [-0.2, -0.15) is 0 Å². The van der Waals surface area contributed by atoms with Crippen LogP contribution in [-0.4, -0.2) is 22.9 Å². The van der Waals surface area contributed by atoms with Gasteiger partial charge in [0.25, 0.3) is 0 Å². The maximum absolute atomic E-state index is 11.5. The van der Waals surface area contributed by atoms with Gasteiger partial charge in [-0.1, -0.05) is 13.8 Å². The van der Waals surface area contributed by atoms with Gasteiger partial charge in [-0.15, -0.1) is 0 Å². The van der Waals surface area contributed by atoms with Crippen molar-refractivity contribution in [2.45, 2.75) is 52.0 Å². The number of amides is 1. The van der Waals surface area contributed by atoms with Crippen LogP contribution in [0.4, 0.5) is 0 Å². The van der Waals surface area contributed by atoms with E-state index in [0.29, 0.717) is 12.3 Å². The van der Waals surface area contributed by atoms with Gasteiger partial charge < -0.3 is 4.90 Å². The average molecular weight is 169 g/mol. The van der Waals surface area contributed by atoms with E-state index in [-0.39, 0.29) is 5.54 Å². The Hall–Kier alpha value is -0.530. The van der Waals surface area contributed by atoms with Gasteiger partial charge in [-0.3, -0.25) is 4.79 Å². The summed E-state index contributed by atoms with van der Waals surface area (Å²) in [6.07, 6.45) is 4.08. The molecule has 0 bridgehead atoms. The highest BCUT2D eigenvalue weighted by Gasteiger charge is 2.36. The summed E-state index contributed by atoms with van der Waals surface area (Å²) in [5, 5.41) is 0. The molecule has 1 rings (SSSR count). The number of hydrogen-bond donors (Lipinski definition) is 0. The van der Waals surface area contributed by atoms with E-state index in [4.69, 9.17) is 0 Å². The minimum Gasteiger partial charge on any atom is -0.337 e. The monoisotopic (exact) mass is 169 g/mol. The number of carbonyl (C=O) groups excluding carboxylic acids is 1. The minimum absolute atomic E-state index is 0.160. The molecule has 1 fully saturated rings. The second-order valence-corrected chi connectivity index (χ2v) is 3.85. The molecule has 0 saturated carbocycles. The van der Waals surface area contributed by atoms with Crippen molar-refractivity contribution in [2.24, 2.45) is 0 Å². The Balaban J connectivity index is 2.69. The maximum atomic E-state index is 11.5. The molecule has 0 aromatic rings. The Morgan fingerprint density at radius 1 is 1.50 bits per heavy atom. The van der Waals surface area contributed by atoms with Crippen LogP contribution >= 0.6 is 0 Å². The van der Waals surface area contributed by atoms with E-state index in [0.717, 1.165) is 13.0 Å². The lowest BCUT2D eigenvalue weighted by Gasteiger charge is -2.34. The lowest BCUT2D eigenvalue weighted by Crippen LogP contribution is -2.44. The zero-order chi connectivity index (χ0) is 9.19. The molecule has 0 aliphatic carbocycles. The van der Waals surface area contributed by atoms with E-state index >= 15 is 0 Å². The summed E-state index contributed by atoms with van der Waals surface area (Å²) in [5.41, 5.74) is 0.160. The Bertz CT molecular complexity index is 179. The molecule has 0 unspecified atom stereocenters. The molecule has 0 radical (unpaired) electrons. The average Bonchev–Trinajstić information content (AvgIpc) is 2.47. The summed E-state index contributed by atoms with van der Waals surface area (Å²) in [6.45, 7) is 7.28. The second-order valence-electron chi connectivity index (χ2n) is 3.85. The second kappa shape index (κ2) is 3.46. The van der Waals surface area contributed by atoms with Crippen molar-refractivity contribution in [3.63, 3.8) is 0 Å². The molecule has 1 atom stereocenters. The fourth-order valence-electron chi connectivity index (χ4n) is 2.01. The first-order valence-electron chi connectivity index (χ1n) is 4.94. The van der Waals surface area contributed by atoms with Crippen LogP contribution in [0, 0.1) is 0 Å². The molecule has 0 spiro atoms. The van der Waals surface area contributed by atoms with Crippen LogP contribution in [0.2, 0.25) is 0 Å². The normalized spacial score (nSPS) is 29.4. The van der Waals surface area contributed by atoms with E-state index in [1.54, 1.807) is 0 Å². The van der Waals surface area contributed by atoms with Crippen molar-refractivity contribution in [3.05, 3.63) is 0 Å². The van der Waals surface area contributed by atoms with E-state index in [1.807, 2.05) is 6.92 Å². The summed E-state index contributed by atoms with van der Waals surface area (Å²) >= 11 is 0. The first-order valence-corrected chi connectivity index (χ1v) is 4.94. The third-order valence-corrected chi connectivity index (χ3v) is 3.11. The lowest BCUT2D eigenvalue weighted by molar-refractivity contribution is -0.134. The third kappa shape index (κ3) is 1.47. The predicted octanol–water partition coefficient (Wildman–Crippen LogP) is 2.19. The molecule has 1 aliphatic rings. The zero-order valence-corrected chi connectivity index (χ0v) is 8.39. The molecule has 0 aromatic heterocycles. The van der Waals surface area contributed by atoms with Crippen LogP contribution < -0.4 is 0 Å². The molecule has 0 aromatic carbocycles. The van der Waals surface area contributed by atoms with Crippen molar-refractivity contribution in [2.75, 3.05) is 6.54 Å². The van der Waals surface area contributed by atoms with Crippen molar-refractivity contribution in [1.29, 1.82) is 0 Å². The van der Waals surface area contributed by atoms with Crippen LogP contribution in [0.1, 0.15) is 46.5 Å². The summed E-state index contributed by atoms with van der Waals surface area (Å²) in [7, 11) is 0. The minimum atomic E-state index is 0.160. The Labute approximate surface area is 74.9 Å². The van der Waals surface area contributed by atoms with Crippen LogP contribution in [0.3, 0.4) is 0 Å². The summed E-state index contributed by atoms with van der Waals surface area (Å²) in [5.74, 6) is 0.317. The molecular weight excluding hydrogens is 150 g/mol. The Kier molecular flexibility index (Phi) is 2.76.